The average Bonchev–Trinajstić information content (AvgIpc) is 2.53. The Hall–Kier alpha value is -0.380. The number of rotatable bonds is 3. The molecule has 0 aromatic rings. The van der Waals surface area contributed by atoms with Gasteiger partial charge in [0.15, 0.2) is 0 Å². The van der Waals surface area contributed by atoms with Crippen molar-refractivity contribution in [1.82, 2.24) is 0 Å². The zero-order valence-corrected chi connectivity index (χ0v) is 8.10. The molecule has 0 aliphatic heterocycles. The Morgan fingerprint density at radius 3 is 2.42 bits per heavy atom. The average molecular weight is 189 g/mol. The van der Waals surface area contributed by atoms with Crippen molar-refractivity contribution in [2.75, 3.05) is 0 Å². The van der Waals surface area contributed by atoms with E-state index in [0.29, 0.717) is 0 Å². The molecule has 0 bridgehead atoms. The Morgan fingerprint density at radius 1 is 1.50 bits per heavy atom. The van der Waals surface area contributed by atoms with E-state index in [1.807, 2.05) is 0 Å². The molecule has 1 fully saturated rings. The van der Waals surface area contributed by atoms with Crippen molar-refractivity contribution >= 4 is 16.7 Å². The Balaban J connectivity index is 2.51. The highest BCUT2D eigenvalue weighted by molar-refractivity contribution is 7.87. The van der Waals surface area contributed by atoms with Crippen LogP contribution in [-0.2, 0) is 15.6 Å². The number of hydrogen-bond acceptors (Lipinski definition) is 2. The van der Waals surface area contributed by atoms with E-state index in [0.717, 1.165) is 25.7 Å². The van der Waals surface area contributed by atoms with E-state index in [9.17, 15) is 9.00 Å². The number of carbonyl (C=O) groups excluding carboxylic acids is 1. The molecule has 1 rings (SSSR count). The third-order valence-corrected chi connectivity index (χ3v) is 4.44. The van der Waals surface area contributed by atoms with Crippen LogP contribution in [0, 0.1) is 0 Å². The van der Waals surface area contributed by atoms with Gasteiger partial charge in [-0.2, -0.15) is 0 Å². The highest BCUT2D eigenvalue weighted by Gasteiger charge is 2.27. The molecule has 1 amide bonds. The van der Waals surface area contributed by atoms with E-state index in [4.69, 9.17) is 5.73 Å². The van der Waals surface area contributed by atoms with Gasteiger partial charge in [-0.3, -0.25) is 9.00 Å². The summed E-state index contributed by atoms with van der Waals surface area (Å²) in [5.74, 6) is -0.444. The maximum Gasteiger partial charge on any atom is 0.232 e. The molecule has 4 heteroatoms. The summed E-state index contributed by atoms with van der Waals surface area (Å²) in [4.78, 5) is 10.7. The summed E-state index contributed by atoms with van der Waals surface area (Å²) < 4.78 is 11.6. The van der Waals surface area contributed by atoms with Crippen molar-refractivity contribution in [3.63, 3.8) is 0 Å². The van der Waals surface area contributed by atoms with E-state index in [2.05, 4.69) is 0 Å². The maximum absolute atomic E-state index is 11.6. The third kappa shape index (κ3) is 2.06. The molecule has 12 heavy (non-hydrogen) atoms. The van der Waals surface area contributed by atoms with Crippen LogP contribution < -0.4 is 5.73 Å². The summed E-state index contributed by atoms with van der Waals surface area (Å²) in [6, 6.07) is 0. The van der Waals surface area contributed by atoms with Gasteiger partial charge in [-0.15, -0.1) is 0 Å². The fourth-order valence-corrected chi connectivity index (χ4v) is 3.13. The molecular formula is C8H15NO2S. The summed E-state index contributed by atoms with van der Waals surface area (Å²) in [5.41, 5.74) is 5.07. The van der Waals surface area contributed by atoms with Gasteiger partial charge in [0.05, 0.1) is 0 Å². The minimum absolute atomic E-state index is 0.215. The van der Waals surface area contributed by atoms with Crippen LogP contribution in [0.1, 0.15) is 32.6 Å². The van der Waals surface area contributed by atoms with Gasteiger partial charge in [-0.25, -0.2) is 0 Å². The predicted octanol–water partition coefficient (Wildman–Crippen LogP) is 0.551. The highest BCUT2D eigenvalue weighted by Crippen LogP contribution is 2.24. The van der Waals surface area contributed by atoms with Crippen LogP contribution in [0.15, 0.2) is 0 Å². The van der Waals surface area contributed by atoms with Crippen LogP contribution >= 0.6 is 0 Å². The number of carbonyl (C=O) groups is 1. The first-order valence-corrected chi connectivity index (χ1v) is 5.59. The number of hydrogen-bond donors (Lipinski definition) is 1. The molecule has 2 atom stereocenters. The monoisotopic (exact) mass is 189 g/mol. The molecule has 70 valence electrons. The number of nitrogens with two attached hydrogens (primary N) is 1. The lowest BCUT2D eigenvalue weighted by Gasteiger charge is -2.12. The van der Waals surface area contributed by atoms with Crippen molar-refractivity contribution < 1.29 is 9.00 Å². The summed E-state index contributed by atoms with van der Waals surface area (Å²) in [7, 11) is -1.04. The topological polar surface area (TPSA) is 60.2 Å². The van der Waals surface area contributed by atoms with Gasteiger partial charge in [0.1, 0.15) is 5.25 Å². The molecule has 0 radical (unpaired) electrons. The standard InChI is InChI=1S/C8H15NO2S/c1-6(8(9)10)12(11)7-4-2-3-5-7/h6-7H,2-5H2,1H3,(H2,9,10). The van der Waals surface area contributed by atoms with Gasteiger partial charge in [0.25, 0.3) is 0 Å². The lowest BCUT2D eigenvalue weighted by molar-refractivity contribution is -0.117. The molecule has 1 aliphatic rings. The van der Waals surface area contributed by atoms with Gasteiger partial charge in [0, 0.05) is 16.0 Å². The van der Waals surface area contributed by atoms with Crippen LogP contribution in [0.3, 0.4) is 0 Å². The summed E-state index contributed by atoms with van der Waals surface area (Å²) >= 11 is 0. The minimum atomic E-state index is -1.04. The van der Waals surface area contributed by atoms with Crippen LogP contribution in [0.25, 0.3) is 0 Å². The Kier molecular flexibility index (Phi) is 3.26. The molecule has 2 N–H and O–H groups in total. The number of amides is 1. The second-order valence-electron chi connectivity index (χ2n) is 3.28. The third-order valence-electron chi connectivity index (χ3n) is 2.38. The van der Waals surface area contributed by atoms with Crippen molar-refractivity contribution in [2.24, 2.45) is 5.73 Å². The lowest BCUT2D eigenvalue weighted by Crippen LogP contribution is -2.33. The van der Waals surface area contributed by atoms with Gasteiger partial charge in [-0.1, -0.05) is 12.8 Å². The fourth-order valence-electron chi connectivity index (χ4n) is 1.52. The van der Waals surface area contributed by atoms with E-state index in [1.54, 1.807) is 6.92 Å². The minimum Gasteiger partial charge on any atom is -0.369 e. The Labute approximate surface area is 75.2 Å². The molecule has 1 saturated carbocycles. The van der Waals surface area contributed by atoms with Crippen LogP contribution in [-0.4, -0.2) is 20.6 Å². The van der Waals surface area contributed by atoms with E-state index >= 15 is 0 Å². The molecule has 0 aromatic carbocycles. The Morgan fingerprint density at radius 2 is 2.00 bits per heavy atom. The summed E-state index contributed by atoms with van der Waals surface area (Å²) in [6.07, 6.45) is 4.26. The van der Waals surface area contributed by atoms with Crippen LogP contribution in [0.4, 0.5) is 0 Å². The first-order valence-electron chi connectivity index (χ1n) is 4.31. The lowest BCUT2D eigenvalue weighted by atomic mass is 10.4. The normalized spacial score (nSPS) is 23.8. The van der Waals surface area contributed by atoms with Crippen molar-refractivity contribution in [3.8, 4) is 0 Å². The van der Waals surface area contributed by atoms with Gasteiger partial charge in [0.2, 0.25) is 5.91 Å². The summed E-state index contributed by atoms with van der Waals surface area (Å²) in [5, 5.41) is -0.263. The zero-order valence-electron chi connectivity index (χ0n) is 7.29. The molecule has 0 saturated heterocycles. The molecule has 2 unspecified atom stereocenters. The quantitative estimate of drug-likeness (QED) is 0.705. The zero-order chi connectivity index (χ0) is 9.14. The van der Waals surface area contributed by atoms with Crippen molar-refractivity contribution in [1.29, 1.82) is 0 Å². The fraction of sp³-hybridized carbons (Fsp3) is 0.875. The largest absolute Gasteiger partial charge is 0.369 e. The first kappa shape index (κ1) is 9.71. The number of primary amides is 1. The molecule has 3 nitrogen and oxygen atoms in total. The smallest absolute Gasteiger partial charge is 0.232 e. The van der Waals surface area contributed by atoms with E-state index in [-0.39, 0.29) is 5.25 Å². The van der Waals surface area contributed by atoms with E-state index in [1.165, 1.54) is 0 Å². The van der Waals surface area contributed by atoms with Crippen molar-refractivity contribution in [3.05, 3.63) is 0 Å². The maximum atomic E-state index is 11.6. The molecule has 1 aliphatic carbocycles. The molecule has 0 aromatic heterocycles. The van der Waals surface area contributed by atoms with Crippen LogP contribution in [0.5, 0.6) is 0 Å². The molecule has 0 spiro atoms. The highest BCUT2D eigenvalue weighted by atomic mass is 32.2. The van der Waals surface area contributed by atoms with Gasteiger partial charge in [-0.05, 0) is 19.8 Å². The van der Waals surface area contributed by atoms with Gasteiger partial charge < -0.3 is 5.73 Å². The molecule has 0 heterocycles. The SMILES string of the molecule is CC(C(N)=O)S(=O)C1CCCC1. The second kappa shape index (κ2) is 4.03. The van der Waals surface area contributed by atoms with Crippen molar-refractivity contribution in [2.45, 2.75) is 43.1 Å². The first-order chi connectivity index (χ1) is 5.63. The summed E-state index contributed by atoms with van der Waals surface area (Å²) in [6.45, 7) is 1.65. The second-order valence-corrected chi connectivity index (χ2v) is 5.31. The van der Waals surface area contributed by atoms with Crippen LogP contribution in [0.2, 0.25) is 0 Å². The van der Waals surface area contributed by atoms with E-state index < -0.39 is 22.0 Å². The van der Waals surface area contributed by atoms with Gasteiger partial charge >= 0.3 is 0 Å². The predicted molar refractivity (Wildman–Crippen MR) is 49.1 cm³/mol. The Bertz CT molecular complexity index is 199. The molecular weight excluding hydrogens is 174 g/mol.